The van der Waals surface area contributed by atoms with Crippen molar-refractivity contribution in [2.24, 2.45) is 0 Å². The van der Waals surface area contributed by atoms with Crippen LogP contribution in [0.5, 0.6) is 0 Å². The van der Waals surface area contributed by atoms with Gasteiger partial charge < -0.3 is 10.6 Å². The summed E-state index contributed by atoms with van der Waals surface area (Å²) in [5.74, 6) is 0.955. The molecule has 4 heteroatoms. The van der Waals surface area contributed by atoms with Gasteiger partial charge in [-0.1, -0.05) is 0 Å². The van der Waals surface area contributed by atoms with Gasteiger partial charge in [-0.15, -0.1) is 0 Å². The molecule has 1 unspecified atom stereocenters. The third kappa shape index (κ3) is 1.89. The highest BCUT2D eigenvalue weighted by atomic mass is 15.1. The van der Waals surface area contributed by atoms with Gasteiger partial charge in [0.05, 0.1) is 0 Å². The van der Waals surface area contributed by atoms with Crippen LogP contribution in [-0.4, -0.2) is 28.1 Å². The number of rotatable bonds is 2. The van der Waals surface area contributed by atoms with Gasteiger partial charge in [0, 0.05) is 17.8 Å². The summed E-state index contributed by atoms with van der Waals surface area (Å²) in [6, 6.07) is 2.51. The lowest BCUT2D eigenvalue weighted by Gasteiger charge is -2.48. The van der Waals surface area contributed by atoms with E-state index in [2.05, 4.69) is 20.6 Å². The summed E-state index contributed by atoms with van der Waals surface area (Å²) in [7, 11) is 0. The molecule has 1 atom stereocenters. The van der Waals surface area contributed by atoms with Gasteiger partial charge >= 0.3 is 0 Å². The average Bonchev–Trinajstić information content (AvgIpc) is 2.29. The van der Waals surface area contributed by atoms with Crippen molar-refractivity contribution >= 4 is 5.82 Å². The molecule has 1 aromatic rings. The summed E-state index contributed by atoms with van der Waals surface area (Å²) >= 11 is 0. The first-order chi connectivity index (χ1) is 7.86. The topological polar surface area (TPSA) is 49.8 Å². The van der Waals surface area contributed by atoms with E-state index in [1.54, 1.807) is 12.5 Å². The molecule has 1 aliphatic heterocycles. The quantitative estimate of drug-likeness (QED) is 0.791. The molecule has 1 saturated heterocycles. The number of piperidine rings is 1. The van der Waals surface area contributed by atoms with Gasteiger partial charge in [-0.3, -0.25) is 0 Å². The maximum Gasteiger partial charge on any atom is 0.129 e. The summed E-state index contributed by atoms with van der Waals surface area (Å²) in [5, 5.41) is 7.19. The van der Waals surface area contributed by atoms with Gasteiger partial charge in [0.1, 0.15) is 12.1 Å². The van der Waals surface area contributed by atoms with Crippen LogP contribution >= 0.6 is 0 Å². The molecule has 1 spiro atoms. The third-order valence-electron chi connectivity index (χ3n) is 3.87. The van der Waals surface area contributed by atoms with Crippen LogP contribution in [-0.2, 0) is 0 Å². The van der Waals surface area contributed by atoms with Crippen molar-refractivity contribution in [2.45, 2.75) is 43.7 Å². The number of nitrogens with one attached hydrogen (secondary N) is 2. The number of anilines is 1. The SMILES string of the molecule is c1cc(NC2CCNC3(CCC3)C2)ncn1. The van der Waals surface area contributed by atoms with Crippen LogP contribution in [0.15, 0.2) is 18.6 Å². The van der Waals surface area contributed by atoms with Crippen molar-refractivity contribution in [3.8, 4) is 0 Å². The van der Waals surface area contributed by atoms with Crippen molar-refractivity contribution in [1.29, 1.82) is 0 Å². The molecule has 86 valence electrons. The number of nitrogens with zero attached hydrogens (tertiary/aromatic N) is 2. The monoisotopic (exact) mass is 218 g/mol. The average molecular weight is 218 g/mol. The molecular formula is C12H18N4. The van der Waals surface area contributed by atoms with Gasteiger partial charge in [0.15, 0.2) is 0 Å². The second-order valence-corrected chi connectivity index (χ2v) is 4.99. The standard InChI is InChI=1S/C12H18N4/c1-4-12(5-1)8-10(2-7-15-12)16-11-3-6-13-9-14-11/h3,6,9-10,15H,1-2,4-5,7-8H2,(H,13,14,16). The third-order valence-corrected chi connectivity index (χ3v) is 3.87. The Morgan fingerprint density at radius 1 is 1.44 bits per heavy atom. The van der Waals surface area contributed by atoms with E-state index in [4.69, 9.17) is 0 Å². The van der Waals surface area contributed by atoms with E-state index in [1.165, 1.54) is 32.1 Å². The molecule has 1 aliphatic carbocycles. The summed E-state index contributed by atoms with van der Waals surface area (Å²) < 4.78 is 0. The Bertz CT molecular complexity index is 347. The molecule has 1 saturated carbocycles. The van der Waals surface area contributed by atoms with Crippen molar-refractivity contribution < 1.29 is 0 Å². The first kappa shape index (κ1) is 10.0. The fourth-order valence-corrected chi connectivity index (χ4v) is 2.85. The minimum atomic E-state index is 0.447. The maximum absolute atomic E-state index is 4.22. The van der Waals surface area contributed by atoms with Crippen LogP contribution < -0.4 is 10.6 Å². The van der Waals surface area contributed by atoms with E-state index in [-0.39, 0.29) is 0 Å². The molecular weight excluding hydrogens is 200 g/mol. The molecule has 0 bridgehead atoms. The summed E-state index contributed by atoms with van der Waals surface area (Å²) in [5.41, 5.74) is 0.447. The first-order valence-electron chi connectivity index (χ1n) is 6.14. The molecule has 0 radical (unpaired) electrons. The lowest BCUT2D eigenvalue weighted by Crippen LogP contribution is -2.58. The van der Waals surface area contributed by atoms with E-state index < -0.39 is 0 Å². The Balaban J connectivity index is 1.63. The molecule has 2 N–H and O–H groups in total. The van der Waals surface area contributed by atoms with E-state index in [0.29, 0.717) is 11.6 Å². The maximum atomic E-state index is 4.22. The number of aromatic nitrogens is 2. The molecule has 2 heterocycles. The van der Waals surface area contributed by atoms with Gasteiger partial charge in [0.25, 0.3) is 0 Å². The van der Waals surface area contributed by atoms with Gasteiger partial charge in [0.2, 0.25) is 0 Å². The Morgan fingerprint density at radius 2 is 2.38 bits per heavy atom. The molecule has 0 aromatic carbocycles. The zero-order valence-electron chi connectivity index (χ0n) is 9.45. The van der Waals surface area contributed by atoms with Crippen molar-refractivity contribution in [3.63, 3.8) is 0 Å². The lowest BCUT2D eigenvalue weighted by molar-refractivity contribution is 0.135. The zero-order valence-corrected chi connectivity index (χ0v) is 9.45. The van der Waals surface area contributed by atoms with Crippen LogP contribution in [0, 0.1) is 0 Å². The second-order valence-electron chi connectivity index (χ2n) is 4.99. The van der Waals surface area contributed by atoms with E-state index in [0.717, 1.165) is 12.4 Å². The fourth-order valence-electron chi connectivity index (χ4n) is 2.85. The Kier molecular flexibility index (Phi) is 2.52. The van der Waals surface area contributed by atoms with Crippen LogP contribution in [0.1, 0.15) is 32.1 Å². The molecule has 2 fully saturated rings. The highest BCUT2D eigenvalue weighted by Gasteiger charge is 2.40. The number of hydrogen-bond donors (Lipinski definition) is 2. The van der Waals surface area contributed by atoms with Crippen LogP contribution in [0.3, 0.4) is 0 Å². The van der Waals surface area contributed by atoms with Gasteiger partial charge in [-0.25, -0.2) is 9.97 Å². The van der Waals surface area contributed by atoms with E-state index in [1.807, 2.05) is 6.07 Å². The lowest BCUT2D eigenvalue weighted by atomic mass is 9.70. The molecule has 16 heavy (non-hydrogen) atoms. The minimum absolute atomic E-state index is 0.447. The summed E-state index contributed by atoms with van der Waals surface area (Å²) in [6.07, 6.45) is 9.87. The molecule has 1 aromatic heterocycles. The predicted octanol–water partition coefficient (Wildman–Crippen LogP) is 1.56. The fraction of sp³-hybridized carbons (Fsp3) is 0.667. The van der Waals surface area contributed by atoms with E-state index >= 15 is 0 Å². The minimum Gasteiger partial charge on any atom is -0.367 e. The van der Waals surface area contributed by atoms with E-state index in [9.17, 15) is 0 Å². The highest BCUT2D eigenvalue weighted by Crippen LogP contribution is 2.38. The second kappa shape index (κ2) is 4.01. The Labute approximate surface area is 95.9 Å². The van der Waals surface area contributed by atoms with Crippen LogP contribution in [0.4, 0.5) is 5.82 Å². The molecule has 0 amide bonds. The normalized spacial score (nSPS) is 27.4. The predicted molar refractivity (Wildman–Crippen MR) is 63.3 cm³/mol. The smallest absolute Gasteiger partial charge is 0.129 e. The summed E-state index contributed by atoms with van der Waals surface area (Å²) in [6.45, 7) is 1.13. The highest BCUT2D eigenvalue weighted by molar-refractivity contribution is 5.33. The largest absolute Gasteiger partial charge is 0.367 e. The molecule has 2 aliphatic rings. The van der Waals surface area contributed by atoms with Crippen molar-refractivity contribution in [1.82, 2.24) is 15.3 Å². The van der Waals surface area contributed by atoms with Gasteiger partial charge in [-0.05, 0) is 44.7 Å². The van der Waals surface area contributed by atoms with Crippen molar-refractivity contribution in [3.05, 3.63) is 18.6 Å². The van der Waals surface area contributed by atoms with Crippen LogP contribution in [0.25, 0.3) is 0 Å². The number of hydrogen-bond acceptors (Lipinski definition) is 4. The zero-order chi connectivity index (χ0) is 10.8. The molecule has 4 nitrogen and oxygen atoms in total. The van der Waals surface area contributed by atoms with Crippen molar-refractivity contribution in [2.75, 3.05) is 11.9 Å². The Morgan fingerprint density at radius 3 is 3.06 bits per heavy atom. The van der Waals surface area contributed by atoms with Crippen LogP contribution in [0.2, 0.25) is 0 Å². The first-order valence-corrected chi connectivity index (χ1v) is 6.14. The summed E-state index contributed by atoms with van der Waals surface area (Å²) in [4.78, 5) is 8.15. The van der Waals surface area contributed by atoms with Gasteiger partial charge in [-0.2, -0.15) is 0 Å². The molecule has 3 rings (SSSR count). The Hall–Kier alpha value is -1.16.